The van der Waals surface area contributed by atoms with Crippen LogP contribution in [-0.4, -0.2) is 18.2 Å². The van der Waals surface area contributed by atoms with Gasteiger partial charge in [-0.3, -0.25) is 9.40 Å². The highest BCUT2D eigenvalue weighted by molar-refractivity contribution is 7.92. The van der Waals surface area contributed by atoms with Crippen molar-refractivity contribution in [1.82, 2.24) is 9.78 Å². The van der Waals surface area contributed by atoms with Crippen molar-refractivity contribution in [2.45, 2.75) is 11.4 Å². The number of rotatable bonds is 5. The Balaban J connectivity index is 1.80. The Morgan fingerprint density at radius 3 is 2.52 bits per heavy atom. The SMILES string of the molecule is O=S(=O)(Nc1cnn(Cc2ccccc2F)c1)c1ccc(F)cc1F. The largest absolute Gasteiger partial charge is 0.276 e. The molecule has 0 spiro atoms. The van der Waals surface area contributed by atoms with E-state index in [0.717, 1.165) is 12.1 Å². The summed E-state index contributed by atoms with van der Waals surface area (Å²) in [5.41, 5.74) is 0.449. The average molecular weight is 367 g/mol. The number of nitrogens with one attached hydrogen (secondary N) is 1. The molecule has 130 valence electrons. The van der Waals surface area contributed by atoms with Crippen molar-refractivity contribution in [2.75, 3.05) is 4.72 Å². The third kappa shape index (κ3) is 3.82. The molecule has 3 rings (SSSR count). The van der Waals surface area contributed by atoms with Crippen LogP contribution in [0.5, 0.6) is 0 Å². The van der Waals surface area contributed by atoms with Gasteiger partial charge in [0.2, 0.25) is 0 Å². The molecule has 0 aliphatic carbocycles. The molecule has 0 unspecified atom stereocenters. The summed E-state index contributed by atoms with van der Waals surface area (Å²) in [7, 11) is -4.25. The van der Waals surface area contributed by atoms with E-state index in [2.05, 4.69) is 9.82 Å². The molecule has 1 N–H and O–H groups in total. The number of benzene rings is 2. The highest BCUT2D eigenvalue weighted by Gasteiger charge is 2.20. The molecule has 0 atom stereocenters. The van der Waals surface area contributed by atoms with E-state index in [1.807, 2.05) is 0 Å². The number of hydrogen-bond donors (Lipinski definition) is 1. The predicted molar refractivity (Wildman–Crippen MR) is 84.9 cm³/mol. The third-order valence-corrected chi connectivity index (χ3v) is 4.77. The van der Waals surface area contributed by atoms with Crippen LogP contribution < -0.4 is 4.72 Å². The predicted octanol–water partition coefficient (Wildman–Crippen LogP) is 3.15. The minimum atomic E-state index is -4.25. The lowest BCUT2D eigenvalue weighted by atomic mass is 10.2. The highest BCUT2D eigenvalue weighted by atomic mass is 32.2. The normalized spacial score (nSPS) is 11.5. The zero-order chi connectivity index (χ0) is 18.0. The van der Waals surface area contributed by atoms with E-state index >= 15 is 0 Å². The van der Waals surface area contributed by atoms with Gasteiger partial charge in [0.1, 0.15) is 22.3 Å². The summed E-state index contributed by atoms with van der Waals surface area (Å²) < 4.78 is 68.0. The summed E-state index contributed by atoms with van der Waals surface area (Å²) in [5, 5.41) is 3.94. The fourth-order valence-corrected chi connectivity index (χ4v) is 3.30. The molecule has 0 bridgehead atoms. The minimum Gasteiger partial charge on any atom is -0.276 e. The van der Waals surface area contributed by atoms with Crippen LogP contribution >= 0.6 is 0 Å². The Morgan fingerprint density at radius 2 is 1.80 bits per heavy atom. The lowest BCUT2D eigenvalue weighted by Gasteiger charge is -2.07. The molecular weight excluding hydrogens is 355 g/mol. The molecule has 0 aliphatic rings. The molecule has 0 aliphatic heterocycles. The molecule has 0 saturated heterocycles. The van der Waals surface area contributed by atoms with Crippen molar-refractivity contribution in [3.63, 3.8) is 0 Å². The summed E-state index contributed by atoms with van der Waals surface area (Å²) in [6, 6.07) is 8.27. The maximum atomic E-state index is 13.7. The molecule has 0 amide bonds. The Labute approximate surface area is 141 Å². The quantitative estimate of drug-likeness (QED) is 0.754. The van der Waals surface area contributed by atoms with Crippen LogP contribution in [0.25, 0.3) is 0 Å². The van der Waals surface area contributed by atoms with Gasteiger partial charge in [-0.05, 0) is 18.2 Å². The van der Waals surface area contributed by atoms with Gasteiger partial charge in [0.15, 0.2) is 0 Å². The first-order valence-corrected chi connectivity index (χ1v) is 8.57. The van der Waals surface area contributed by atoms with Crippen molar-refractivity contribution in [3.8, 4) is 0 Å². The molecular formula is C16H12F3N3O2S. The van der Waals surface area contributed by atoms with Crippen molar-refractivity contribution in [2.24, 2.45) is 0 Å². The third-order valence-electron chi connectivity index (χ3n) is 3.36. The topological polar surface area (TPSA) is 64.0 Å². The number of hydrogen-bond acceptors (Lipinski definition) is 3. The molecule has 2 aromatic carbocycles. The summed E-state index contributed by atoms with van der Waals surface area (Å²) >= 11 is 0. The molecule has 1 heterocycles. The number of nitrogens with zero attached hydrogens (tertiary/aromatic N) is 2. The second-order valence-corrected chi connectivity index (χ2v) is 6.85. The lowest BCUT2D eigenvalue weighted by molar-refractivity contribution is 0.551. The first-order chi connectivity index (χ1) is 11.8. The standard InChI is InChI=1S/C16H12F3N3O2S/c17-12-5-6-16(15(19)7-12)25(23,24)21-13-8-20-22(10-13)9-11-3-1-2-4-14(11)18/h1-8,10,21H,9H2. The van der Waals surface area contributed by atoms with E-state index in [0.29, 0.717) is 11.6 Å². The molecule has 1 aromatic heterocycles. The minimum absolute atomic E-state index is 0.0695. The van der Waals surface area contributed by atoms with Crippen LogP contribution in [-0.2, 0) is 16.6 Å². The molecule has 3 aromatic rings. The van der Waals surface area contributed by atoms with Gasteiger partial charge in [-0.1, -0.05) is 18.2 Å². The molecule has 25 heavy (non-hydrogen) atoms. The van der Waals surface area contributed by atoms with Crippen molar-refractivity contribution in [1.29, 1.82) is 0 Å². The summed E-state index contributed by atoms with van der Waals surface area (Å²) in [4.78, 5) is -0.684. The van der Waals surface area contributed by atoms with Crippen molar-refractivity contribution in [3.05, 3.63) is 77.9 Å². The van der Waals surface area contributed by atoms with Gasteiger partial charge in [-0.15, -0.1) is 0 Å². The van der Waals surface area contributed by atoms with E-state index in [1.54, 1.807) is 18.2 Å². The van der Waals surface area contributed by atoms with Crippen LogP contribution in [0.4, 0.5) is 18.9 Å². The molecule has 0 radical (unpaired) electrons. The van der Waals surface area contributed by atoms with Crippen molar-refractivity contribution >= 4 is 15.7 Å². The smallest absolute Gasteiger partial charge is 0.264 e. The van der Waals surface area contributed by atoms with Crippen LogP contribution in [0.1, 0.15) is 5.56 Å². The van der Waals surface area contributed by atoms with Crippen LogP contribution in [0.2, 0.25) is 0 Å². The zero-order valence-corrected chi connectivity index (χ0v) is 13.5. The molecule has 0 saturated carbocycles. The van der Waals surface area contributed by atoms with Gasteiger partial charge in [0.05, 0.1) is 18.4 Å². The average Bonchev–Trinajstić information content (AvgIpc) is 2.95. The monoisotopic (exact) mass is 367 g/mol. The van der Waals surface area contributed by atoms with Gasteiger partial charge in [-0.2, -0.15) is 5.10 Å². The van der Waals surface area contributed by atoms with E-state index < -0.39 is 32.4 Å². The van der Waals surface area contributed by atoms with E-state index in [9.17, 15) is 21.6 Å². The van der Waals surface area contributed by atoms with E-state index in [1.165, 1.54) is 23.1 Å². The van der Waals surface area contributed by atoms with Crippen molar-refractivity contribution < 1.29 is 21.6 Å². The number of halogens is 3. The number of anilines is 1. The summed E-state index contributed by atoms with van der Waals surface area (Å²) in [6.07, 6.45) is 2.55. The van der Waals surface area contributed by atoms with Gasteiger partial charge in [-0.25, -0.2) is 21.6 Å². The Kier molecular flexibility index (Phi) is 4.49. The number of sulfonamides is 1. The Morgan fingerprint density at radius 1 is 1.04 bits per heavy atom. The molecule has 0 fully saturated rings. The van der Waals surface area contributed by atoms with Gasteiger partial charge in [0, 0.05) is 17.8 Å². The Bertz CT molecular complexity index is 1020. The second kappa shape index (κ2) is 6.60. The van der Waals surface area contributed by atoms with Gasteiger partial charge >= 0.3 is 0 Å². The molecule has 9 heteroatoms. The van der Waals surface area contributed by atoms with E-state index in [4.69, 9.17) is 0 Å². The summed E-state index contributed by atoms with van der Waals surface area (Å²) in [5.74, 6) is -2.49. The number of aromatic nitrogens is 2. The van der Waals surface area contributed by atoms with E-state index in [-0.39, 0.29) is 12.2 Å². The maximum Gasteiger partial charge on any atom is 0.264 e. The van der Waals surface area contributed by atoms with Crippen LogP contribution in [0.15, 0.2) is 59.8 Å². The lowest BCUT2D eigenvalue weighted by Crippen LogP contribution is -2.14. The molecule has 5 nitrogen and oxygen atoms in total. The fraction of sp³-hybridized carbons (Fsp3) is 0.0625. The highest BCUT2D eigenvalue weighted by Crippen LogP contribution is 2.19. The van der Waals surface area contributed by atoms with Gasteiger partial charge < -0.3 is 0 Å². The first-order valence-electron chi connectivity index (χ1n) is 7.09. The van der Waals surface area contributed by atoms with Crippen LogP contribution in [0.3, 0.4) is 0 Å². The fourth-order valence-electron chi connectivity index (χ4n) is 2.21. The maximum absolute atomic E-state index is 13.7. The second-order valence-electron chi connectivity index (χ2n) is 5.20. The van der Waals surface area contributed by atoms with Crippen LogP contribution in [0, 0.1) is 17.5 Å². The first kappa shape index (κ1) is 17.0. The Hall–Kier alpha value is -2.81. The summed E-state index contributed by atoms with van der Waals surface area (Å²) in [6.45, 7) is 0.0965. The van der Waals surface area contributed by atoms with Gasteiger partial charge in [0.25, 0.3) is 10.0 Å². The zero-order valence-electron chi connectivity index (χ0n) is 12.7.